The van der Waals surface area contributed by atoms with Crippen LogP contribution in [0.4, 0.5) is 5.69 Å². The Morgan fingerprint density at radius 3 is 2.63 bits per heavy atom. The van der Waals surface area contributed by atoms with Crippen molar-refractivity contribution >= 4 is 11.7 Å². The summed E-state index contributed by atoms with van der Waals surface area (Å²) in [6.07, 6.45) is 2.29. The molecule has 1 saturated heterocycles. The second kappa shape index (κ2) is 5.61. The Morgan fingerprint density at radius 1 is 1.37 bits per heavy atom. The molecule has 0 radical (unpaired) electrons. The third-order valence-corrected chi connectivity index (χ3v) is 4.06. The highest BCUT2D eigenvalue weighted by molar-refractivity contribution is 5.94. The van der Waals surface area contributed by atoms with Gasteiger partial charge in [-0.25, -0.2) is 4.79 Å². The van der Waals surface area contributed by atoms with Crippen LogP contribution in [0.5, 0.6) is 0 Å². The van der Waals surface area contributed by atoms with Crippen molar-refractivity contribution in [3.63, 3.8) is 0 Å². The van der Waals surface area contributed by atoms with Gasteiger partial charge >= 0.3 is 5.97 Å². The van der Waals surface area contributed by atoms with Crippen LogP contribution in [0.15, 0.2) is 24.3 Å². The number of carboxylic acid groups (broad SMARTS) is 1. The number of hydrogen-bond donors (Lipinski definition) is 2. The smallest absolute Gasteiger partial charge is 0.337 e. The summed E-state index contributed by atoms with van der Waals surface area (Å²) in [5.74, 6) is -0.878. The third-order valence-electron chi connectivity index (χ3n) is 4.06. The summed E-state index contributed by atoms with van der Waals surface area (Å²) in [7, 11) is 2.15. The van der Waals surface area contributed by atoms with Crippen molar-refractivity contribution in [3.8, 4) is 0 Å². The molecule has 4 heteroatoms. The maximum absolute atomic E-state index is 11.1. The molecule has 1 aromatic carbocycles. The summed E-state index contributed by atoms with van der Waals surface area (Å²) in [5.41, 5.74) is 1.31. The molecule has 2 N–H and O–H groups in total. The van der Waals surface area contributed by atoms with Crippen molar-refractivity contribution < 1.29 is 9.90 Å². The fraction of sp³-hybridized carbons (Fsp3) is 0.533. The molecule has 19 heavy (non-hydrogen) atoms. The van der Waals surface area contributed by atoms with Gasteiger partial charge in [-0.2, -0.15) is 0 Å². The lowest BCUT2D eigenvalue weighted by atomic mass is 9.80. The molecule has 0 bridgehead atoms. The van der Waals surface area contributed by atoms with Gasteiger partial charge in [-0.05, 0) is 50.5 Å². The summed E-state index contributed by atoms with van der Waals surface area (Å²) < 4.78 is 0. The van der Waals surface area contributed by atoms with E-state index in [0.29, 0.717) is 5.56 Å². The standard InChI is InChI=1S/C15H22N2O2/c1-15(7-9-17(2)10-8-15)11-16-13-6-4-3-5-12(13)14(18)19/h3-6,16H,7-11H2,1-2H3,(H,18,19). The second-order valence-corrected chi connectivity index (χ2v) is 5.82. The van der Waals surface area contributed by atoms with Crippen LogP contribution in [0, 0.1) is 5.41 Å². The molecule has 0 amide bonds. The zero-order valence-corrected chi connectivity index (χ0v) is 11.6. The Bertz CT molecular complexity index is 451. The van der Waals surface area contributed by atoms with Gasteiger partial charge in [0, 0.05) is 12.2 Å². The van der Waals surface area contributed by atoms with Gasteiger partial charge in [0.05, 0.1) is 5.56 Å². The molecular formula is C15H22N2O2. The van der Waals surface area contributed by atoms with Gasteiger partial charge in [-0.15, -0.1) is 0 Å². The number of carbonyl (C=O) groups is 1. The van der Waals surface area contributed by atoms with Crippen molar-refractivity contribution in [3.05, 3.63) is 29.8 Å². The van der Waals surface area contributed by atoms with E-state index in [1.165, 1.54) is 0 Å². The maximum atomic E-state index is 11.1. The maximum Gasteiger partial charge on any atom is 0.337 e. The summed E-state index contributed by atoms with van der Waals surface area (Å²) in [6, 6.07) is 7.10. The summed E-state index contributed by atoms with van der Waals surface area (Å²) >= 11 is 0. The van der Waals surface area contributed by atoms with Crippen molar-refractivity contribution in [1.29, 1.82) is 0 Å². The van der Waals surface area contributed by atoms with E-state index < -0.39 is 5.97 Å². The van der Waals surface area contributed by atoms with Gasteiger partial charge in [0.25, 0.3) is 0 Å². The topological polar surface area (TPSA) is 52.6 Å². The van der Waals surface area contributed by atoms with E-state index >= 15 is 0 Å². The summed E-state index contributed by atoms with van der Waals surface area (Å²) in [6.45, 7) is 5.32. The molecule has 0 atom stereocenters. The molecule has 2 rings (SSSR count). The van der Waals surface area contributed by atoms with Crippen LogP contribution in [-0.4, -0.2) is 42.7 Å². The van der Waals surface area contributed by atoms with E-state index in [1.807, 2.05) is 12.1 Å². The first-order chi connectivity index (χ1) is 9.00. The van der Waals surface area contributed by atoms with Gasteiger partial charge in [0.1, 0.15) is 0 Å². The van der Waals surface area contributed by atoms with Crippen LogP contribution in [0.3, 0.4) is 0 Å². The predicted molar refractivity (Wildman–Crippen MR) is 76.7 cm³/mol. The normalized spacial score (nSPS) is 19.1. The lowest BCUT2D eigenvalue weighted by molar-refractivity contribution is 0.0697. The number of benzene rings is 1. The van der Waals surface area contributed by atoms with E-state index in [-0.39, 0.29) is 5.41 Å². The molecule has 0 unspecified atom stereocenters. The first kappa shape index (κ1) is 13.9. The Morgan fingerprint density at radius 2 is 2.00 bits per heavy atom. The van der Waals surface area contributed by atoms with Crippen molar-refractivity contribution in [2.75, 3.05) is 32.0 Å². The van der Waals surface area contributed by atoms with Crippen molar-refractivity contribution in [1.82, 2.24) is 4.90 Å². The fourth-order valence-electron chi connectivity index (χ4n) is 2.47. The number of piperidine rings is 1. The highest BCUT2D eigenvalue weighted by Crippen LogP contribution is 2.31. The summed E-state index contributed by atoms with van der Waals surface area (Å²) in [5, 5.41) is 12.5. The van der Waals surface area contributed by atoms with E-state index in [2.05, 4.69) is 24.2 Å². The van der Waals surface area contributed by atoms with Crippen LogP contribution in [0.25, 0.3) is 0 Å². The Hall–Kier alpha value is -1.55. The largest absolute Gasteiger partial charge is 0.478 e. The van der Waals surface area contributed by atoms with E-state index in [1.54, 1.807) is 12.1 Å². The van der Waals surface area contributed by atoms with Crippen LogP contribution >= 0.6 is 0 Å². The number of nitrogens with one attached hydrogen (secondary N) is 1. The number of likely N-dealkylation sites (tertiary alicyclic amines) is 1. The number of rotatable bonds is 4. The monoisotopic (exact) mass is 262 g/mol. The van der Waals surface area contributed by atoms with Gasteiger partial charge in [0.15, 0.2) is 0 Å². The molecule has 4 nitrogen and oxygen atoms in total. The molecule has 1 aliphatic rings. The lowest BCUT2D eigenvalue weighted by Crippen LogP contribution is -2.40. The molecule has 0 aromatic heterocycles. The number of carboxylic acids is 1. The summed E-state index contributed by atoms with van der Waals surface area (Å²) in [4.78, 5) is 13.5. The lowest BCUT2D eigenvalue weighted by Gasteiger charge is -2.38. The van der Waals surface area contributed by atoms with Crippen molar-refractivity contribution in [2.24, 2.45) is 5.41 Å². The number of para-hydroxylation sites is 1. The van der Waals surface area contributed by atoms with Crippen LogP contribution < -0.4 is 5.32 Å². The van der Waals surface area contributed by atoms with Gasteiger partial charge in [-0.1, -0.05) is 19.1 Å². The van der Waals surface area contributed by atoms with E-state index in [4.69, 9.17) is 5.11 Å². The number of aromatic carboxylic acids is 1. The van der Waals surface area contributed by atoms with Gasteiger partial charge < -0.3 is 15.3 Å². The molecule has 1 aromatic rings. The molecule has 0 aliphatic carbocycles. The zero-order valence-electron chi connectivity index (χ0n) is 11.6. The minimum Gasteiger partial charge on any atom is -0.478 e. The Balaban J connectivity index is 2.01. The SMILES string of the molecule is CN1CCC(C)(CNc2ccccc2C(=O)O)CC1. The average Bonchev–Trinajstić information content (AvgIpc) is 2.41. The minimum atomic E-state index is -0.878. The average molecular weight is 262 g/mol. The molecule has 1 aliphatic heterocycles. The van der Waals surface area contributed by atoms with Gasteiger partial charge in [-0.3, -0.25) is 0 Å². The predicted octanol–water partition coefficient (Wildman–Crippen LogP) is 2.53. The Kier molecular flexibility index (Phi) is 4.10. The van der Waals surface area contributed by atoms with E-state index in [9.17, 15) is 4.79 Å². The van der Waals surface area contributed by atoms with Gasteiger partial charge in [0.2, 0.25) is 0 Å². The highest BCUT2D eigenvalue weighted by Gasteiger charge is 2.28. The first-order valence-corrected chi connectivity index (χ1v) is 6.75. The number of nitrogens with zero attached hydrogens (tertiary/aromatic N) is 1. The quantitative estimate of drug-likeness (QED) is 0.875. The molecule has 1 heterocycles. The van der Waals surface area contributed by atoms with Crippen molar-refractivity contribution in [2.45, 2.75) is 19.8 Å². The molecule has 0 saturated carbocycles. The Labute approximate surface area is 114 Å². The molecule has 1 fully saturated rings. The number of anilines is 1. The second-order valence-electron chi connectivity index (χ2n) is 5.82. The van der Waals surface area contributed by atoms with Crippen LogP contribution in [0.1, 0.15) is 30.1 Å². The highest BCUT2D eigenvalue weighted by atomic mass is 16.4. The third kappa shape index (κ3) is 3.47. The molecule has 104 valence electrons. The molecule has 0 spiro atoms. The van der Waals surface area contributed by atoms with E-state index in [0.717, 1.165) is 38.2 Å². The van der Waals surface area contributed by atoms with Crippen LogP contribution in [-0.2, 0) is 0 Å². The fourth-order valence-corrected chi connectivity index (χ4v) is 2.47. The minimum absolute atomic E-state index is 0.248. The first-order valence-electron chi connectivity index (χ1n) is 6.75. The van der Waals surface area contributed by atoms with Crippen LogP contribution in [0.2, 0.25) is 0 Å². The number of hydrogen-bond acceptors (Lipinski definition) is 3. The zero-order chi connectivity index (χ0) is 13.9. The molecular weight excluding hydrogens is 240 g/mol.